The van der Waals surface area contributed by atoms with Crippen molar-refractivity contribution in [2.45, 2.75) is 38.8 Å². The van der Waals surface area contributed by atoms with Gasteiger partial charge in [0.1, 0.15) is 6.61 Å². The number of rotatable bonds is 7. The van der Waals surface area contributed by atoms with Crippen LogP contribution in [-0.4, -0.2) is 64.6 Å². The molecular weight excluding hydrogens is 438 g/mol. The van der Waals surface area contributed by atoms with E-state index in [1.54, 1.807) is 6.92 Å². The smallest absolute Gasteiger partial charge is 0.228 e. The number of aromatic nitrogens is 1. The van der Waals surface area contributed by atoms with Crippen molar-refractivity contribution in [1.29, 1.82) is 0 Å². The fourth-order valence-corrected chi connectivity index (χ4v) is 4.62. The quantitative estimate of drug-likeness (QED) is 0.246. The number of nitrogens with one attached hydrogen (secondary N) is 1. The van der Waals surface area contributed by atoms with Crippen LogP contribution in [0.3, 0.4) is 0 Å². The summed E-state index contributed by atoms with van der Waals surface area (Å²) in [4.78, 5) is 19.1. The third-order valence-electron chi connectivity index (χ3n) is 6.36. The number of benzene rings is 1. The van der Waals surface area contributed by atoms with Gasteiger partial charge in [-0.05, 0) is 59.7 Å². The van der Waals surface area contributed by atoms with E-state index in [1.807, 2.05) is 6.92 Å². The summed E-state index contributed by atoms with van der Waals surface area (Å²) < 4.78 is 2.20. The molecular formula is C25H33N3O6. The lowest BCUT2D eigenvalue weighted by Gasteiger charge is -2.39. The first-order valence-corrected chi connectivity index (χ1v) is 11.3. The molecule has 0 spiro atoms. The molecule has 1 aliphatic heterocycles. The SMILES string of the molecule is CC#CCOOOO.CC[C@@H](CO)NC(=O)[C@@H]1C=C2c3cccc4c3c(cn4C)C[C@H]2N(C)C1. The lowest BCUT2D eigenvalue weighted by molar-refractivity contribution is -0.620. The van der Waals surface area contributed by atoms with Gasteiger partial charge in [-0.15, -0.1) is 5.92 Å². The van der Waals surface area contributed by atoms with Gasteiger partial charge in [-0.25, -0.2) is 5.26 Å². The highest BCUT2D eigenvalue weighted by atomic mass is 17.6. The highest BCUT2D eigenvalue weighted by Crippen LogP contribution is 2.41. The van der Waals surface area contributed by atoms with Crippen molar-refractivity contribution < 1.29 is 30.1 Å². The highest BCUT2D eigenvalue weighted by molar-refractivity contribution is 5.99. The number of aliphatic hydroxyl groups is 1. The summed E-state index contributed by atoms with van der Waals surface area (Å²) in [5, 5.41) is 27.9. The summed E-state index contributed by atoms with van der Waals surface area (Å²) in [5.41, 5.74) is 5.16. The average molecular weight is 472 g/mol. The van der Waals surface area contributed by atoms with E-state index < -0.39 is 0 Å². The number of likely N-dealkylation sites (N-methyl/N-ethyl adjacent to an activating group) is 1. The van der Waals surface area contributed by atoms with Crippen molar-refractivity contribution in [1.82, 2.24) is 14.8 Å². The van der Waals surface area contributed by atoms with Crippen molar-refractivity contribution >= 4 is 22.4 Å². The van der Waals surface area contributed by atoms with Crippen LogP contribution >= 0.6 is 0 Å². The molecule has 0 unspecified atom stereocenters. The van der Waals surface area contributed by atoms with E-state index in [0.29, 0.717) is 12.6 Å². The fourth-order valence-electron chi connectivity index (χ4n) is 4.62. The first-order chi connectivity index (χ1) is 16.4. The first kappa shape index (κ1) is 25.9. The first-order valence-electron chi connectivity index (χ1n) is 11.3. The van der Waals surface area contributed by atoms with Crippen LogP contribution in [0.5, 0.6) is 0 Å². The largest absolute Gasteiger partial charge is 0.394 e. The molecule has 0 fully saturated rings. The van der Waals surface area contributed by atoms with Gasteiger partial charge in [-0.2, -0.15) is 4.89 Å². The zero-order chi connectivity index (χ0) is 24.7. The molecule has 1 amide bonds. The van der Waals surface area contributed by atoms with Gasteiger partial charge in [0.2, 0.25) is 5.91 Å². The Morgan fingerprint density at radius 2 is 2.15 bits per heavy atom. The molecule has 9 heteroatoms. The number of aliphatic hydroxyl groups excluding tert-OH is 1. The van der Waals surface area contributed by atoms with E-state index in [1.165, 1.54) is 27.6 Å². The minimum absolute atomic E-state index is 0.00901. The molecule has 0 saturated heterocycles. The van der Waals surface area contributed by atoms with Gasteiger partial charge in [0.15, 0.2) is 0 Å². The molecule has 1 aromatic heterocycles. The lowest BCUT2D eigenvalue weighted by Crippen LogP contribution is -2.48. The van der Waals surface area contributed by atoms with Crippen LogP contribution in [-0.2, 0) is 33.2 Å². The molecule has 2 aliphatic rings. The molecule has 0 saturated carbocycles. The summed E-state index contributed by atoms with van der Waals surface area (Å²) in [5.74, 6) is 4.85. The zero-order valence-electron chi connectivity index (χ0n) is 20.1. The average Bonchev–Trinajstić information content (AvgIpc) is 3.17. The highest BCUT2D eigenvalue weighted by Gasteiger charge is 2.36. The number of amides is 1. The normalized spacial score (nSPS) is 19.8. The Kier molecular flexibility index (Phi) is 9.24. The van der Waals surface area contributed by atoms with Crippen LogP contribution in [0.1, 0.15) is 31.4 Å². The summed E-state index contributed by atoms with van der Waals surface area (Å²) in [6.45, 7) is 4.40. The van der Waals surface area contributed by atoms with Crippen molar-refractivity contribution in [3.8, 4) is 11.8 Å². The molecule has 4 rings (SSSR count). The Morgan fingerprint density at radius 1 is 1.35 bits per heavy atom. The molecule has 9 nitrogen and oxygen atoms in total. The second kappa shape index (κ2) is 12.1. The van der Waals surface area contributed by atoms with E-state index in [9.17, 15) is 9.90 Å². The van der Waals surface area contributed by atoms with E-state index in [4.69, 9.17) is 5.26 Å². The molecule has 3 N–H and O–H groups in total. The number of carbonyl (C=O) groups is 1. The summed E-state index contributed by atoms with van der Waals surface area (Å²) in [6, 6.07) is 6.60. The van der Waals surface area contributed by atoms with Gasteiger partial charge < -0.3 is 15.0 Å². The fraction of sp³-hybridized carbons (Fsp3) is 0.480. The Balaban J connectivity index is 0.000000350. The van der Waals surface area contributed by atoms with Crippen LogP contribution in [0.2, 0.25) is 0 Å². The summed E-state index contributed by atoms with van der Waals surface area (Å²) in [7, 11) is 4.20. The molecule has 0 bridgehead atoms. The van der Waals surface area contributed by atoms with Crippen molar-refractivity contribution in [3.05, 3.63) is 41.6 Å². The molecule has 2 aromatic rings. The number of nitrogens with zero attached hydrogens (tertiary/aromatic N) is 2. The Labute approximate surface area is 199 Å². The molecule has 3 atom stereocenters. The van der Waals surface area contributed by atoms with Crippen LogP contribution in [0, 0.1) is 17.8 Å². The van der Waals surface area contributed by atoms with Crippen LogP contribution in [0.4, 0.5) is 0 Å². The maximum Gasteiger partial charge on any atom is 0.228 e. The van der Waals surface area contributed by atoms with Crippen LogP contribution in [0.15, 0.2) is 30.5 Å². The van der Waals surface area contributed by atoms with Gasteiger partial charge in [-0.1, -0.05) is 31.1 Å². The van der Waals surface area contributed by atoms with E-state index >= 15 is 0 Å². The predicted molar refractivity (Wildman–Crippen MR) is 128 cm³/mol. The minimum atomic E-state index is -0.188. The zero-order valence-corrected chi connectivity index (χ0v) is 20.1. The molecule has 1 aromatic carbocycles. The maximum absolute atomic E-state index is 12.7. The number of fused-ring (bicyclic) bond motifs is 2. The maximum atomic E-state index is 12.7. The topological polar surface area (TPSA) is 105 Å². The number of carbonyl (C=O) groups excluding carboxylic acids is 1. The van der Waals surface area contributed by atoms with E-state index in [2.05, 4.69) is 86.2 Å². The Bertz CT molecular complexity index is 1080. The van der Waals surface area contributed by atoms with Gasteiger partial charge in [0, 0.05) is 36.7 Å². The molecule has 184 valence electrons. The predicted octanol–water partition coefficient (Wildman–Crippen LogP) is 2.30. The second-order valence-corrected chi connectivity index (χ2v) is 8.48. The lowest BCUT2D eigenvalue weighted by atomic mass is 9.80. The molecule has 0 radical (unpaired) electrons. The third kappa shape index (κ3) is 5.67. The number of hydrogen-bond donors (Lipinski definition) is 3. The number of hydrogen-bond acceptors (Lipinski definition) is 7. The van der Waals surface area contributed by atoms with Gasteiger partial charge in [-0.3, -0.25) is 9.69 Å². The van der Waals surface area contributed by atoms with Crippen molar-refractivity contribution in [2.24, 2.45) is 13.0 Å². The summed E-state index contributed by atoms with van der Waals surface area (Å²) in [6.07, 6.45) is 6.12. The minimum Gasteiger partial charge on any atom is -0.394 e. The van der Waals surface area contributed by atoms with Gasteiger partial charge in [0.25, 0.3) is 0 Å². The summed E-state index contributed by atoms with van der Waals surface area (Å²) >= 11 is 0. The molecule has 34 heavy (non-hydrogen) atoms. The Hall–Kier alpha value is -2.71. The molecule has 1 aliphatic carbocycles. The van der Waals surface area contributed by atoms with E-state index in [0.717, 1.165) is 12.8 Å². The van der Waals surface area contributed by atoms with E-state index in [-0.39, 0.29) is 31.1 Å². The Morgan fingerprint density at radius 3 is 2.82 bits per heavy atom. The van der Waals surface area contributed by atoms with Crippen molar-refractivity contribution in [2.75, 3.05) is 26.8 Å². The van der Waals surface area contributed by atoms with Gasteiger partial charge in [0.05, 0.1) is 18.6 Å². The van der Waals surface area contributed by atoms with Crippen LogP contribution < -0.4 is 5.32 Å². The third-order valence-corrected chi connectivity index (χ3v) is 6.36. The standard InChI is InChI=1S/C21H27N3O2.C4H6O4/c1-4-15(12-25)22-21(26)14-8-17-16-6-5-7-18-20(16)13(10-23(18)2)9-19(17)24(3)11-14;1-2-3-4-6-8-7-5/h5-8,10,14-15,19,25H,4,9,11-12H2,1-3H3,(H,22,26);5H,4H2,1H3/t14-,15+,19-;/m1./s1. The van der Waals surface area contributed by atoms with Crippen molar-refractivity contribution in [3.63, 3.8) is 0 Å². The van der Waals surface area contributed by atoms with Gasteiger partial charge >= 0.3 is 0 Å². The number of aryl methyl sites for hydroxylation is 1. The van der Waals surface area contributed by atoms with Crippen LogP contribution in [0.25, 0.3) is 16.5 Å². The second-order valence-electron chi connectivity index (χ2n) is 8.48. The monoisotopic (exact) mass is 471 g/mol. The molecule has 2 heterocycles.